The van der Waals surface area contributed by atoms with Gasteiger partial charge in [0.05, 0.1) is 22.5 Å². The molecule has 176 valence electrons. The molecule has 0 atom stereocenters. The van der Waals surface area contributed by atoms with Crippen molar-refractivity contribution in [3.63, 3.8) is 0 Å². The highest BCUT2D eigenvalue weighted by molar-refractivity contribution is 5.83. The van der Waals surface area contributed by atoms with Crippen LogP contribution in [-0.2, 0) is 17.8 Å². The van der Waals surface area contributed by atoms with Gasteiger partial charge in [0.15, 0.2) is 5.52 Å². The van der Waals surface area contributed by atoms with Gasteiger partial charge in [-0.2, -0.15) is 10.2 Å². The first kappa shape index (κ1) is 23.4. The number of aryl methyl sites for hydroxylation is 5. The van der Waals surface area contributed by atoms with Crippen molar-refractivity contribution in [1.29, 1.82) is 0 Å². The molecule has 4 rings (SSSR count). The molecule has 0 saturated carbocycles. The number of carbonyl (C=O) groups excluding carboxylic acids is 1. The van der Waals surface area contributed by atoms with Crippen LogP contribution in [0.25, 0.3) is 16.6 Å². The largest absolute Gasteiger partial charge is 0.356 e. The van der Waals surface area contributed by atoms with Gasteiger partial charge in [-0.25, -0.2) is 9.36 Å². The summed E-state index contributed by atoms with van der Waals surface area (Å²) < 4.78 is 3.24. The van der Waals surface area contributed by atoms with Crippen molar-refractivity contribution in [2.24, 2.45) is 0 Å². The molecule has 2 heterocycles. The second-order valence-corrected chi connectivity index (χ2v) is 8.71. The number of rotatable bonds is 9. The Balaban J connectivity index is 1.37. The molecule has 0 fully saturated rings. The summed E-state index contributed by atoms with van der Waals surface area (Å²) in [5.41, 5.74) is 5.19. The van der Waals surface area contributed by atoms with Crippen LogP contribution in [0.4, 0.5) is 0 Å². The molecule has 1 amide bonds. The van der Waals surface area contributed by atoms with E-state index in [9.17, 15) is 9.59 Å². The van der Waals surface area contributed by atoms with E-state index in [1.807, 2.05) is 63.2 Å². The van der Waals surface area contributed by atoms with Crippen LogP contribution in [0.3, 0.4) is 0 Å². The Labute approximate surface area is 199 Å². The molecule has 0 saturated heterocycles. The Bertz CT molecular complexity index is 1340. The van der Waals surface area contributed by atoms with Gasteiger partial charge in [0, 0.05) is 19.5 Å². The van der Waals surface area contributed by atoms with Crippen molar-refractivity contribution in [3.05, 3.63) is 87.5 Å². The Kier molecular flexibility index (Phi) is 7.21. The highest BCUT2D eigenvalue weighted by atomic mass is 16.1. The molecule has 0 unspecified atom stereocenters. The standard InChI is InChI=1S/C27H31N5O2/c1-19-13-15-23(16-14-19)32-21(3)25-20(2)29-31(27(34)26(25)30-32)18-8-12-24(33)28-17-7-11-22-9-5-4-6-10-22/h4-6,9-10,13-16H,7-8,11-12,17-18H2,1-3H3,(H,28,33). The first-order chi connectivity index (χ1) is 16.4. The van der Waals surface area contributed by atoms with Crippen molar-refractivity contribution in [2.75, 3.05) is 6.54 Å². The molecule has 2 aromatic carbocycles. The van der Waals surface area contributed by atoms with Crippen molar-refractivity contribution in [2.45, 2.75) is 53.0 Å². The smallest absolute Gasteiger partial charge is 0.295 e. The van der Waals surface area contributed by atoms with Gasteiger partial charge in [-0.05, 0) is 57.7 Å². The Morgan fingerprint density at radius 2 is 1.68 bits per heavy atom. The van der Waals surface area contributed by atoms with E-state index in [2.05, 4.69) is 27.6 Å². The van der Waals surface area contributed by atoms with Gasteiger partial charge in [-0.1, -0.05) is 48.0 Å². The van der Waals surface area contributed by atoms with Crippen molar-refractivity contribution in [3.8, 4) is 5.69 Å². The zero-order valence-corrected chi connectivity index (χ0v) is 20.0. The summed E-state index contributed by atoms with van der Waals surface area (Å²) in [5.74, 6) is -0.00148. The molecule has 0 aliphatic heterocycles. The first-order valence-electron chi connectivity index (χ1n) is 11.8. The number of hydrogen-bond donors (Lipinski definition) is 1. The second kappa shape index (κ2) is 10.5. The summed E-state index contributed by atoms with van der Waals surface area (Å²) in [6, 6.07) is 18.3. The van der Waals surface area contributed by atoms with E-state index >= 15 is 0 Å². The van der Waals surface area contributed by atoms with Crippen LogP contribution in [0.15, 0.2) is 59.4 Å². The summed E-state index contributed by atoms with van der Waals surface area (Å²) in [5, 5.41) is 12.9. The average Bonchev–Trinajstić information content (AvgIpc) is 3.19. The fraction of sp³-hybridized carbons (Fsp3) is 0.333. The fourth-order valence-corrected chi connectivity index (χ4v) is 4.22. The van der Waals surface area contributed by atoms with E-state index in [0.717, 1.165) is 35.3 Å². The molecule has 0 aliphatic carbocycles. The minimum absolute atomic E-state index is 0.00148. The zero-order chi connectivity index (χ0) is 24.1. The molecule has 0 spiro atoms. The number of nitrogens with zero attached hydrogens (tertiary/aromatic N) is 4. The molecular formula is C27H31N5O2. The Morgan fingerprint density at radius 1 is 0.941 bits per heavy atom. The minimum Gasteiger partial charge on any atom is -0.356 e. The third-order valence-electron chi connectivity index (χ3n) is 6.05. The maximum absolute atomic E-state index is 13.1. The van der Waals surface area contributed by atoms with Gasteiger partial charge in [0.2, 0.25) is 5.91 Å². The number of amides is 1. The van der Waals surface area contributed by atoms with E-state index in [0.29, 0.717) is 31.4 Å². The fourth-order valence-electron chi connectivity index (χ4n) is 4.22. The van der Waals surface area contributed by atoms with Crippen molar-refractivity contribution < 1.29 is 4.79 Å². The molecule has 0 aliphatic rings. The van der Waals surface area contributed by atoms with Crippen molar-refractivity contribution in [1.82, 2.24) is 24.9 Å². The number of benzene rings is 2. The summed E-state index contributed by atoms with van der Waals surface area (Å²) in [6.07, 6.45) is 2.73. The van der Waals surface area contributed by atoms with Gasteiger partial charge < -0.3 is 5.32 Å². The maximum atomic E-state index is 13.1. The topological polar surface area (TPSA) is 81.8 Å². The maximum Gasteiger partial charge on any atom is 0.295 e. The highest BCUT2D eigenvalue weighted by Crippen LogP contribution is 2.21. The summed E-state index contributed by atoms with van der Waals surface area (Å²) in [6.45, 7) is 6.91. The third kappa shape index (κ3) is 5.25. The lowest BCUT2D eigenvalue weighted by Crippen LogP contribution is -2.27. The second-order valence-electron chi connectivity index (χ2n) is 8.71. The van der Waals surface area contributed by atoms with Gasteiger partial charge >= 0.3 is 0 Å². The lowest BCUT2D eigenvalue weighted by Gasteiger charge is -2.08. The third-order valence-corrected chi connectivity index (χ3v) is 6.05. The van der Waals surface area contributed by atoms with E-state index in [1.165, 1.54) is 15.8 Å². The Morgan fingerprint density at radius 3 is 2.41 bits per heavy atom. The SMILES string of the molecule is Cc1ccc(-n2nc3c(=O)n(CCCC(=O)NCCCc4ccccc4)nc(C)c3c2C)cc1. The highest BCUT2D eigenvalue weighted by Gasteiger charge is 2.17. The predicted octanol–water partition coefficient (Wildman–Crippen LogP) is 4.04. The summed E-state index contributed by atoms with van der Waals surface area (Å²) in [7, 11) is 0. The summed E-state index contributed by atoms with van der Waals surface area (Å²) in [4.78, 5) is 25.3. The molecule has 1 N–H and O–H groups in total. The lowest BCUT2D eigenvalue weighted by atomic mass is 10.1. The monoisotopic (exact) mass is 457 g/mol. The van der Waals surface area contributed by atoms with Gasteiger partial charge in [0.25, 0.3) is 5.56 Å². The van der Waals surface area contributed by atoms with Crippen LogP contribution in [0, 0.1) is 20.8 Å². The molecule has 2 aromatic heterocycles. The average molecular weight is 458 g/mol. The van der Waals surface area contributed by atoms with Crippen LogP contribution in [0.2, 0.25) is 0 Å². The van der Waals surface area contributed by atoms with Gasteiger partial charge in [-0.15, -0.1) is 0 Å². The Hall–Kier alpha value is -3.74. The number of fused-ring (bicyclic) bond motifs is 1. The molecule has 0 radical (unpaired) electrons. The normalized spacial score (nSPS) is 11.1. The quantitative estimate of drug-likeness (QED) is 0.385. The zero-order valence-electron chi connectivity index (χ0n) is 20.0. The van der Waals surface area contributed by atoms with E-state index in [-0.39, 0.29) is 11.5 Å². The molecule has 4 aromatic rings. The van der Waals surface area contributed by atoms with E-state index < -0.39 is 0 Å². The number of aromatic nitrogens is 4. The van der Waals surface area contributed by atoms with E-state index in [1.54, 1.807) is 4.68 Å². The number of hydrogen-bond acceptors (Lipinski definition) is 4. The number of carbonyl (C=O) groups is 1. The molecule has 34 heavy (non-hydrogen) atoms. The van der Waals surface area contributed by atoms with Crippen LogP contribution in [-0.4, -0.2) is 32.0 Å². The lowest BCUT2D eigenvalue weighted by molar-refractivity contribution is -0.121. The van der Waals surface area contributed by atoms with Crippen LogP contribution in [0.5, 0.6) is 0 Å². The first-order valence-corrected chi connectivity index (χ1v) is 11.8. The number of nitrogens with one attached hydrogen (secondary N) is 1. The molecular weight excluding hydrogens is 426 g/mol. The van der Waals surface area contributed by atoms with E-state index in [4.69, 9.17) is 0 Å². The molecule has 0 bridgehead atoms. The van der Waals surface area contributed by atoms with Crippen LogP contribution < -0.4 is 10.9 Å². The molecule has 7 nitrogen and oxygen atoms in total. The van der Waals surface area contributed by atoms with Crippen LogP contribution in [0.1, 0.15) is 41.8 Å². The van der Waals surface area contributed by atoms with Gasteiger partial charge in [0.1, 0.15) is 0 Å². The predicted molar refractivity (Wildman–Crippen MR) is 134 cm³/mol. The van der Waals surface area contributed by atoms with Crippen LogP contribution >= 0.6 is 0 Å². The molecule has 7 heteroatoms. The van der Waals surface area contributed by atoms with Crippen molar-refractivity contribution >= 4 is 16.8 Å². The minimum atomic E-state index is -0.224. The summed E-state index contributed by atoms with van der Waals surface area (Å²) >= 11 is 0. The van der Waals surface area contributed by atoms with Gasteiger partial charge in [-0.3, -0.25) is 9.59 Å².